The van der Waals surface area contributed by atoms with Crippen LogP contribution in [0.25, 0.3) is 10.8 Å². The fourth-order valence-corrected chi connectivity index (χ4v) is 5.71. The van der Waals surface area contributed by atoms with Gasteiger partial charge >= 0.3 is 5.97 Å². The van der Waals surface area contributed by atoms with Gasteiger partial charge < -0.3 is 10.1 Å². The number of carbonyl (C=O) groups is 2. The molecule has 0 spiro atoms. The van der Waals surface area contributed by atoms with E-state index in [4.69, 9.17) is 4.74 Å². The normalized spacial score (nSPS) is 13.5. The Labute approximate surface area is 196 Å². The molecule has 1 aliphatic rings. The minimum absolute atomic E-state index is 0.225. The molecule has 3 aromatic carbocycles. The molecule has 0 saturated carbocycles. The summed E-state index contributed by atoms with van der Waals surface area (Å²) in [4.78, 5) is 29.4. The number of anilines is 1. The predicted octanol–water partition coefficient (Wildman–Crippen LogP) is 5.50. The average Bonchev–Trinajstić information content (AvgIpc) is 3.20. The lowest BCUT2D eigenvalue weighted by atomic mass is 10.0. The van der Waals surface area contributed by atoms with Gasteiger partial charge in [0.15, 0.2) is 0 Å². The number of amides is 1. The van der Waals surface area contributed by atoms with E-state index in [1.807, 2.05) is 60.7 Å². The predicted molar refractivity (Wildman–Crippen MR) is 132 cm³/mol. The van der Waals surface area contributed by atoms with Crippen molar-refractivity contribution in [2.45, 2.75) is 19.5 Å². The molecular weight excluding hydrogens is 432 g/mol. The third-order valence-corrected chi connectivity index (χ3v) is 7.17. The number of esters is 1. The molecule has 6 heteroatoms. The van der Waals surface area contributed by atoms with Crippen LogP contribution in [-0.4, -0.2) is 30.4 Å². The minimum Gasteiger partial charge on any atom is -0.465 e. The first kappa shape index (κ1) is 21.4. The Bertz CT molecular complexity index is 1320. The summed E-state index contributed by atoms with van der Waals surface area (Å²) in [6.07, 6.45) is 0.743. The largest absolute Gasteiger partial charge is 0.465 e. The van der Waals surface area contributed by atoms with Gasteiger partial charge in [-0.25, -0.2) is 4.79 Å². The van der Waals surface area contributed by atoms with Crippen LogP contribution in [0.1, 0.15) is 36.7 Å². The molecule has 0 atom stereocenters. The van der Waals surface area contributed by atoms with Gasteiger partial charge in [-0.3, -0.25) is 9.69 Å². The smallest absolute Gasteiger partial charge is 0.341 e. The Morgan fingerprint density at radius 1 is 1.00 bits per heavy atom. The number of methoxy groups -OCH3 is 1. The highest BCUT2D eigenvalue weighted by atomic mass is 32.1. The van der Waals surface area contributed by atoms with Crippen molar-refractivity contribution in [2.24, 2.45) is 0 Å². The molecule has 2 heterocycles. The highest BCUT2D eigenvalue weighted by Crippen LogP contribution is 2.38. The van der Waals surface area contributed by atoms with Crippen LogP contribution in [0.15, 0.2) is 72.8 Å². The first-order valence-electron chi connectivity index (χ1n) is 10.9. The first-order chi connectivity index (χ1) is 16.1. The van der Waals surface area contributed by atoms with Gasteiger partial charge in [0.25, 0.3) is 5.91 Å². The number of nitrogens with zero attached hydrogens (tertiary/aromatic N) is 1. The molecule has 1 N–H and O–H groups in total. The lowest BCUT2D eigenvalue weighted by Gasteiger charge is -2.27. The van der Waals surface area contributed by atoms with Crippen molar-refractivity contribution < 1.29 is 14.3 Å². The Morgan fingerprint density at radius 2 is 1.76 bits per heavy atom. The quantitative estimate of drug-likeness (QED) is 0.403. The van der Waals surface area contributed by atoms with Gasteiger partial charge in [0.1, 0.15) is 5.00 Å². The number of thiophene rings is 1. The van der Waals surface area contributed by atoms with Crippen LogP contribution < -0.4 is 5.32 Å². The van der Waals surface area contributed by atoms with Gasteiger partial charge in [0, 0.05) is 30.1 Å². The third kappa shape index (κ3) is 4.27. The highest BCUT2D eigenvalue weighted by molar-refractivity contribution is 7.17. The highest BCUT2D eigenvalue weighted by Gasteiger charge is 2.29. The molecule has 0 bridgehead atoms. The van der Waals surface area contributed by atoms with Crippen LogP contribution >= 0.6 is 11.3 Å². The number of carbonyl (C=O) groups excluding carboxylic acids is 2. The monoisotopic (exact) mass is 456 g/mol. The number of hydrogen-bond donors (Lipinski definition) is 1. The zero-order chi connectivity index (χ0) is 22.8. The SMILES string of the molecule is COC(=O)c1c(NC(=O)c2cccc3ccccc23)sc2c1CCN(Cc1ccccc1)C2. The van der Waals surface area contributed by atoms with Gasteiger partial charge in [-0.05, 0) is 34.4 Å². The number of hydrogen-bond acceptors (Lipinski definition) is 5. The minimum atomic E-state index is -0.405. The van der Waals surface area contributed by atoms with Crippen molar-refractivity contribution in [1.82, 2.24) is 4.90 Å². The summed E-state index contributed by atoms with van der Waals surface area (Å²) in [7, 11) is 1.38. The van der Waals surface area contributed by atoms with Crippen LogP contribution in [0.5, 0.6) is 0 Å². The van der Waals surface area contributed by atoms with Gasteiger partial charge in [-0.2, -0.15) is 0 Å². The standard InChI is InChI=1S/C27H24N2O3S/c1-32-27(31)24-22-14-15-29(16-18-8-3-2-4-9-18)17-23(22)33-26(24)28-25(30)21-13-7-11-19-10-5-6-12-20(19)21/h2-13H,14-17H2,1H3,(H,28,30). The second kappa shape index (κ2) is 9.17. The summed E-state index contributed by atoms with van der Waals surface area (Å²) < 4.78 is 5.08. The molecule has 1 aliphatic heterocycles. The summed E-state index contributed by atoms with van der Waals surface area (Å²) in [5, 5.41) is 5.46. The van der Waals surface area contributed by atoms with Crippen molar-refractivity contribution in [3.63, 3.8) is 0 Å². The summed E-state index contributed by atoms with van der Waals surface area (Å²) in [5.74, 6) is -0.631. The van der Waals surface area contributed by atoms with E-state index in [1.54, 1.807) is 0 Å². The zero-order valence-electron chi connectivity index (χ0n) is 18.3. The lowest BCUT2D eigenvalue weighted by Crippen LogP contribution is -2.29. The van der Waals surface area contributed by atoms with Gasteiger partial charge in [0.05, 0.1) is 12.7 Å². The summed E-state index contributed by atoms with van der Waals surface area (Å²) in [6, 6.07) is 23.8. The number of nitrogens with one attached hydrogen (secondary N) is 1. The summed E-state index contributed by atoms with van der Waals surface area (Å²) >= 11 is 1.47. The van der Waals surface area contributed by atoms with Crippen LogP contribution in [0.3, 0.4) is 0 Å². The van der Waals surface area contributed by atoms with Crippen molar-refractivity contribution in [3.8, 4) is 0 Å². The van der Waals surface area contributed by atoms with Gasteiger partial charge in [-0.15, -0.1) is 11.3 Å². The number of rotatable bonds is 5. The fraction of sp³-hybridized carbons (Fsp3) is 0.185. The fourth-order valence-electron chi connectivity index (χ4n) is 4.43. The van der Waals surface area contributed by atoms with Gasteiger partial charge in [0.2, 0.25) is 0 Å². The van der Waals surface area contributed by atoms with E-state index < -0.39 is 5.97 Å². The van der Waals surface area contributed by atoms with Crippen molar-refractivity contribution in [1.29, 1.82) is 0 Å². The molecule has 0 aliphatic carbocycles. The molecule has 1 amide bonds. The van der Waals surface area contributed by atoms with Crippen LogP contribution in [-0.2, 0) is 24.2 Å². The molecule has 1 aromatic heterocycles. The Kier molecular flexibility index (Phi) is 5.94. The molecule has 0 fully saturated rings. The maximum absolute atomic E-state index is 13.2. The second-order valence-electron chi connectivity index (χ2n) is 8.13. The molecule has 4 aromatic rings. The average molecular weight is 457 g/mol. The molecule has 166 valence electrons. The Morgan fingerprint density at radius 3 is 2.58 bits per heavy atom. The van der Waals surface area contributed by atoms with E-state index in [2.05, 4.69) is 22.3 Å². The van der Waals surface area contributed by atoms with Crippen LogP contribution in [0.2, 0.25) is 0 Å². The van der Waals surface area contributed by atoms with Gasteiger partial charge in [-0.1, -0.05) is 66.7 Å². The van der Waals surface area contributed by atoms with Crippen molar-refractivity contribution in [3.05, 3.63) is 99.9 Å². The molecule has 0 unspecified atom stereocenters. The van der Waals surface area contributed by atoms with E-state index in [-0.39, 0.29) is 5.91 Å². The molecule has 5 nitrogen and oxygen atoms in total. The van der Waals surface area contributed by atoms with E-state index >= 15 is 0 Å². The third-order valence-electron chi connectivity index (χ3n) is 6.04. The van der Waals surface area contributed by atoms with Crippen LogP contribution in [0.4, 0.5) is 5.00 Å². The maximum Gasteiger partial charge on any atom is 0.341 e. The van der Waals surface area contributed by atoms with E-state index in [9.17, 15) is 9.59 Å². The lowest BCUT2D eigenvalue weighted by molar-refractivity contribution is 0.0600. The Hall–Kier alpha value is -3.48. The first-order valence-corrected chi connectivity index (χ1v) is 11.7. The molecule has 0 saturated heterocycles. The molecule has 0 radical (unpaired) electrons. The van der Waals surface area contributed by atoms with Crippen molar-refractivity contribution in [2.75, 3.05) is 19.0 Å². The van der Waals surface area contributed by atoms with E-state index in [0.717, 1.165) is 47.3 Å². The van der Waals surface area contributed by atoms with Crippen molar-refractivity contribution >= 4 is 39.0 Å². The van der Waals surface area contributed by atoms with Crippen LogP contribution in [0, 0.1) is 0 Å². The number of fused-ring (bicyclic) bond motifs is 2. The van der Waals surface area contributed by atoms with E-state index in [0.29, 0.717) is 16.1 Å². The van der Waals surface area contributed by atoms with E-state index in [1.165, 1.54) is 24.0 Å². The summed E-state index contributed by atoms with van der Waals surface area (Å²) in [5.41, 5.74) is 3.33. The second-order valence-corrected chi connectivity index (χ2v) is 9.23. The Balaban J connectivity index is 1.44. The summed E-state index contributed by atoms with van der Waals surface area (Å²) in [6.45, 7) is 2.44. The molecule has 33 heavy (non-hydrogen) atoms. The zero-order valence-corrected chi connectivity index (χ0v) is 19.2. The topological polar surface area (TPSA) is 58.6 Å². The number of ether oxygens (including phenoxy) is 1. The number of benzene rings is 3. The maximum atomic E-state index is 13.2. The molecular formula is C27H24N2O3S. The molecule has 5 rings (SSSR count).